The highest BCUT2D eigenvalue weighted by Gasteiger charge is 2.71. The molecule has 8 rings (SSSR count). The number of ether oxygens (including phenoxy) is 4. The molecule has 0 bridgehead atoms. The maximum absolute atomic E-state index is 14.3. The highest BCUT2D eigenvalue weighted by Crippen LogP contribution is 2.55. The Morgan fingerprint density at radius 1 is 0.750 bits per heavy atom. The number of carbonyl (C=O) groups is 7. The molecule has 5 amide bonds. The van der Waals surface area contributed by atoms with E-state index in [0.717, 1.165) is 6.07 Å². The van der Waals surface area contributed by atoms with Crippen molar-refractivity contribution in [2.75, 3.05) is 57.1 Å². The van der Waals surface area contributed by atoms with Gasteiger partial charge < -0.3 is 130 Å². The Hall–Kier alpha value is -7.17. The number of nitrogens with one attached hydrogen (secondary N) is 5. The Morgan fingerprint density at radius 2 is 1.36 bits per heavy atom. The van der Waals surface area contributed by atoms with Crippen molar-refractivity contribution in [1.82, 2.24) is 20.9 Å². The molecule has 2 aromatic carbocycles. The number of guanidine groups is 2. The summed E-state index contributed by atoms with van der Waals surface area (Å²) in [6.07, 6.45) is -19.6. The summed E-state index contributed by atoms with van der Waals surface area (Å²) < 4.78 is 24.1. The first-order valence-corrected chi connectivity index (χ1v) is 27.9. The number of aromatic hydroxyl groups is 1. The first-order chi connectivity index (χ1) is 41.3. The number of hydrogen-bond acceptors (Lipinski definition) is 26. The fraction of sp³-hybridized carbons (Fsp3) is 0.604. The standard InChI is InChI=1S/C53H75N13O22/c1-18-52(83,17-68)43(46(85-18)87-40-31(65-48(57)58)36(73)30(64-47(55)56)37(74)39(40)76)88-45-32(38(75)33(70)25(16-67)86-45)66(3)13-12-61-50(81)63-20-7-4-6-19(14-20)62-49(80)60-11-10-59-29-23-15-22-27(34(71)26-21(51(22,2)82)8-5-9-24(26)69)41(77)53(23,84)42(78)28(35(29)72)44(54)79/h4-9,14,18,22-23,25,27-33,36-40,43,45-46,59,67-70,73-76,82-84H,10-13,15-17H2,1-3H3,(H2,54,79)(H4,55,56,64)(H4,57,58,65)(H2,60,62,80)(H2,61,63,81)/t18-,22-,23-,25?,27?,28?,29?,30?,31-,32?,33-,36?,37-,38+,39?,40-,43?,45-,46-,51+,52-,53-/m0/s1. The van der Waals surface area contributed by atoms with Crippen LogP contribution in [0.4, 0.5) is 21.0 Å². The number of phenolic OH excluding ortho intramolecular Hbond substituents is 1. The molecule has 88 heavy (non-hydrogen) atoms. The van der Waals surface area contributed by atoms with Gasteiger partial charge in [-0.1, -0.05) is 18.2 Å². The third kappa shape index (κ3) is 12.3. The van der Waals surface area contributed by atoms with Gasteiger partial charge in [0.25, 0.3) is 0 Å². The van der Waals surface area contributed by atoms with E-state index in [0.29, 0.717) is 0 Å². The largest absolute Gasteiger partial charge is 0.507 e. The second-order valence-electron chi connectivity index (χ2n) is 22.8. The number of urea groups is 2. The summed E-state index contributed by atoms with van der Waals surface area (Å²) in [4.78, 5) is 104. The minimum atomic E-state index is -3.11. The molecule has 0 radical (unpaired) electrons. The maximum Gasteiger partial charge on any atom is 0.319 e. The normalized spacial score (nSPS) is 37.8. The van der Waals surface area contributed by atoms with E-state index >= 15 is 0 Å². The quantitative estimate of drug-likeness (QED) is 0.0269. The molecule has 2 heterocycles. The number of rotatable bonds is 19. The van der Waals surface area contributed by atoms with Crippen molar-refractivity contribution in [2.24, 2.45) is 62.3 Å². The van der Waals surface area contributed by atoms with Gasteiger partial charge in [-0.15, -0.1) is 0 Å². The van der Waals surface area contributed by atoms with Crippen LogP contribution in [0.1, 0.15) is 36.2 Å². The molecule has 35 heteroatoms. The Kier molecular flexibility index (Phi) is 19.8. The van der Waals surface area contributed by atoms with Crippen LogP contribution < -0.4 is 55.3 Å². The molecule has 35 nitrogen and oxygen atoms in total. The van der Waals surface area contributed by atoms with Gasteiger partial charge in [0.2, 0.25) is 5.91 Å². The van der Waals surface area contributed by atoms with Crippen LogP contribution >= 0.6 is 0 Å². The average Bonchev–Trinajstić information content (AvgIpc) is 0.865. The molecule has 0 spiro atoms. The molecule has 5 fully saturated rings. The van der Waals surface area contributed by atoms with Crippen LogP contribution in [0.5, 0.6) is 5.75 Å². The third-order valence-electron chi connectivity index (χ3n) is 17.4. The van der Waals surface area contributed by atoms with Crippen LogP contribution in [0.15, 0.2) is 52.4 Å². The number of aliphatic imine (C=N–C) groups is 2. The van der Waals surface area contributed by atoms with Gasteiger partial charge in [0.1, 0.15) is 72.3 Å². The third-order valence-corrected chi connectivity index (χ3v) is 17.4. The fourth-order valence-electron chi connectivity index (χ4n) is 12.8. The first kappa shape index (κ1) is 66.8. The number of fused-ring (bicyclic) bond motifs is 3. The monoisotopic (exact) mass is 1250 g/mol. The number of anilines is 2. The number of ketones is 4. The molecular formula is C53H75N13O22. The topological polar surface area (TPSA) is 597 Å². The molecule has 9 unspecified atom stereocenters. The molecule has 4 aliphatic carbocycles. The summed E-state index contributed by atoms with van der Waals surface area (Å²) in [6.45, 7) is -0.125. The van der Waals surface area contributed by atoms with Gasteiger partial charge in [0.15, 0.2) is 59.2 Å². The summed E-state index contributed by atoms with van der Waals surface area (Å²) in [5.74, 6) is -15.3. The molecule has 2 saturated heterocycles. The lowest BCUT2D eigenvalue weighted by molar-refractivity contribution is -0.327. The Bertz CT molecular complexity index is 3060. The van der Waals surface area contributed by atoms with Crippen molar-refractivity contribution < 1.29 is 109 Å². The van der Waals surface area contributed by atoms with Crippen LogP contribution in [0.25, 0.3) is 0 Å². The summed E-state index contributed by atoms with van der Waals surface area (Å²) in [5.41, 5.74) is 20.2. The molecule has 2 aromatic rings. The smallest absolute Gasteiger partial charge is 0.319 e. The first-order valence-electron chi connectivity index (χ1n) is 27.9. The molecule has 6 aliphatic rings. The number of primary amides is 1. The van der Waals surface area contributed by atoms with E-state index < -0.39 is 211 Å². The van der Waals surface area contributed by atoms with Crippen molar-refractivity contribution in [1.29, 1.82) is 0 Å². The van der Waals surface area contributed by atoms with E-state index in [1.165, 1.54) is 62.2 Å². The predicted octanol–water partition coefficient (Wildman–Crippen LogP) is -9.14. The second kappa shape index (κ2) is 26.1. The van der Waals surface area contributed by atoms with Gasteiger partial charge in [0, 0.05) is 49.4 Å². The summed E-state index contributed by atoms with van der Waals surface area (Å²) in [5, 5.41) is 136. The molecule has 2 aliphatic heterocycles. The summed E-state index contributed by atoms with van der Waals surface area (Å²) in [7, 11) is 1.44. The van der Waals surface area contributed by atoms with E-state index in [1.54, 1.807) is 0 Å². The molecule has 22 atom stereocenters. The number of amides is 5. The average molecular weight is 1250 g/mol. The lowest BCUT2D eigenvalue weighted by atomic mass is 9.50. The second-order valence-corrected chi connectivity index (χ2v) is 22.8. The number of aliphatic hydroxyl groups is 10. The number of Topliss-reactive ketones (excluding diaryl/α,β-unsaturated/α-hetero) is 4. The zero-order valence-electron chi connectivity index (χ0n) is 47.6. The van der Waals surface area contributed by atoms with Crippen molar-refractivity contribution in [2.45, 2.75) is 129 Å². The van der Waals surface area contributed by atoms with E-state index in [1.807, 2.05) is 0 Å². The number of nitrogens with zero attached hydrogens (tertiary/aromatic N) is 3. The van der Waals surface area contributed by atoms with E-state index in [-0.39, 0.29) is 48.7 Å². The number of likely N-dealkylation sites (N-methyl/N-ethyl adjacent to an activating group) is 1. The number of nitrogens with two attached hydrogens (primary N) is 5. The molecule has 26 N–H and O–H groups in total. The van der Waals surface area contributed by atoms with Gasteiger partial charge >= 0.3 is 12.1 Å². The Balaban J connectivity index is 0.872. The minimum absolute atomic E-state index is 0.0188. The van der Waals surface area contributed by atoms with Crippen LogP contribution in [0, 0.1) is 23.7 Å². The van der Waals surface area contributed by atoms with E-state index in [4.69, 9.17) is 47.6 Å². The van der Waals surface area contributed by atoms with Crippen molar-refractivity contribution in [3.8, 4) is 5.75 Å². The maximum atomic E-state index is 14.3. The van der Waals surface area contributed by atoms with Crippen LogP contribution in [-0.4, -0.2) is 263 Å². The predicted molar refractivity (Wildman–Crippen MR) is 300 cm³/mol. The molecule has 484 valence electrons. The van der Waals surface area contributed by atoms with E-state index in [9.17, 15) is 89.7 Å². The van der Waals surface area contributed by atoms with Crippen LogP contribution in [0.3, 0.4) is 0 Å². The highest BCUT2D eigenvalue weighted by molar-refractivity contribution is 6.32. The van der Waals surface area contributed by atoms with Crippen molar-refractivity contribution in [3.05, 3.63) is 53.6 Å². The highest BCUT2D eigenvalue weighted by atomic mass is 16.8. The summed E-state index contributed by atoms with van der Waals surface area (Å²) >= 11 is 0. The number of benzene rings is 2. The lowest BCUT2D eigenvalue weighted by Crippen LogP contribution is -2.75. The number of carbonyl (C=O) groups excluding carboxylic acids is 7. The number of aliphatic hydroxyl groups excluding tert-OH is 7. The molecular weight excluding hydrogens is 1170 g/mol. The SMILES string of the molecule is C[C@@H]1O[C@@H](O[C@@H]2C(O)[C@@H](O)C(N=C(N)N)C(O)[C@@H]2N=C(N)N)C(O[C@@H]2OC(CO)[C@H](O)[C@H](O)C2N(C)CCNC(=O)Nc2cccc(NC(=O)NCCNC3C(=O)C(C(N)=O)C(=O)[C@@]4(O)C(=O)C5C(=O)c6c(O)cccc6[C@@](C)(O)[C@H]5C[C@@H]34)c2)[C@]1(O)CO. The van der Waals surface area contributed by atoms with E-state index in [2.05, 4.69) is 36.6 Å². The zero-order chi connectivity index (χ0) is 64.8. The van der Waals surface area contributed by atoms with Gasteiger partial charge in [-0.05, 0) is 57.1 Å². The van der Waals surface area contributed by atoms with Crippen molar-refractivity contribution >= 4 is 64.4 Å². The van der Waals surface area contributed by atoms with Crippen molar-refractivity contribution in [3.63, 3.8) is 0 Å². The van der Waals surface area contributed by atoms with Crippen LogP contribution in [0.2, 0.25) is 0 Å². The van der Waals surface area contributed by atoms with Gasteiger partial charge in [0.05, 0.1) is 48.5 Å². The van der Waals surface area contributed by atoms with Gasteiger partial charge in [-0.3, -0.25) is 28.9 Å². The van der Waals surface area contributed by atoms with Gasteiger partial charge in [-0.25, -0.2) is 19.6 Å². The Labute approximate surface area is 500 Å². The molecule has 3 saturated carbocycles. The zero-order valence-corrected chi connectivity index (χ0v) is 47.6. The van der Waals surface area contributed by atoms with Crippen LogP contribution in [-0.2, 0) is 43.7 Å². The molecule has 0 aromatic heterocycles. The minimum Gasteiger partial charge on any atom is -0.507 e. The fourth-order valence-corrected chi connectivity index (χ4v) is 12.8. The lowest BCUT2D eigenvalue weighted by Gasteiger charge is -2.54. The number of hydrogen-bond donors (Lipinski definition) is 21. The Morgan fingerprint density at radius 3 is 1.97 bits per heavy atom. The van der Waals surface area contributed by atoms with Gasteiger partial charge in [-0.2, -0.15) is 0 Å². The summed E-state index contributed by atoms with van der Waals surface area (Å²) in [6, 6.07) is 1.94. The number of phenols is 1.